The number of rotatable bonds is 2. The maximum absolute atomic E-state index is 12.9. The number of nitrogens with two attached hydrogens (primary N) is 1. The van der Waals surface area contributed by atoms with Crippen molar-refractivity contribution in [2.75, 3.05) is 0 Å². The molecule has 4 heteroatoms. The number of halogens is 1. The molecule has 1 unspecified atom stereocenters. The van der Waals surface area contributed by atoms with E-state index in [0.717, 1.165) is 22.2 Å². The monoisotopic (exact) mass is 255 g/mol. The summed E-state index contributed by atoms with van der Waals surface area (Å²) in [5.41, 5.74) is 8.95. The van der Waals surface area contributed by atoms with Crippen molar-refractivity contribution in [3.63, 3.8) is 0 Å². The molecule has 3 nitrogen and oxygen atoms in total. The van der Waals surface area contributed by atoms with Crippen LogP contribution in [0.25, 0.3) is 10.9 Å². The topological polar surface area (TPSA) is 43.8 Å². The molecule has 0 saturated heterocycles. The Hall–Kier alpha value is -2.20. The molecule has 19 heavy (non-hydrogen) atoms. The van der Waals surface area contributed by atoms with E-state index < -0.39 is 0 Å². The van der Waals surface area contributed by atoms with E-state index in [4.69, 9.17) is 5.73 Å². The summed E-state index contributed by atoms with van der Waals surface area (Å²) in [7, 11) is 1.89. The van der Waals surface area contributed by atoms with Gasteiger partial charge >= 0.3 is 0 Å². The molecule has 3 aromatic rings. The fourth-order valence-electron chi connectivity index (χ4n) is 2.30. The van der Waals surface area contributed by atoms with Crippen LogP contribution in [0, 0.1) is 5.82 Å². The minimum atomic E-state index is -0.355. The van der Waals surface area contributed by atoms with E-state index in [9.17, 15) is 4.39 Å². The van der Waals surface area contributed by atoms with E-state index in [-0.39, 0.29) is 11.9 Å². The molecule has 1 atom stereocenters. The van der Waals surface area contributed by atoms with E-state index in [0.29, 0.717) is 0 Å². The Balaban J connectivity index is 2.11. The SMILES string of the molecule is Cn1nc(C(N)c2ccc(F)cc2)c2ccccc21. The minimum Gasteiger partial charge on any atom is -0.319 e. The van der Waals surface area contributed by atoms with Gasteiger partial charge in [-0.15, -0.1) is 0 Å². The van der Waals surface area contributed by atoms with Gasteiger partial charge in [0.15, 0.2) is 0 Å². The zero-order valence-corrected chi connectivity index (χ0v) is 10.5. The first kappa shape index (κ1) is 11.9. The lowest BCUT2D eigenvalue weighted by atomic mass is 10.0. The van der Waals surface area contributed by atoms with E-state index >= 15 is 0 Å². The van der Waals surface area contributed by atoms with Crippen LogP contribution in [0.1, 0.15) is 17.3 Å². The van der Waals surface area contributed by atoms with Crippen molar-refractivity contribution in [3.8, 4) is 0 Å². The Morgan fingerprint density at radius 3 is 2.53 bits per heavy atom. The van der Waals surface area contributed by atoms with Gasteiger partial charge in [0.2, 0.25) is 0 Å². The molecule has 2 aromatic carbocycles. The van der Waals surface area contributed by atoms with Crippen molar-refractivity contribution >= 4 is 10.9 Å². The van der Waals surface area contributed by atoms with E-state index in [1.807, 2.05) is 36.0 Å². The number of hydrogen-bond donors (Lipinski definition) is 1. The van der Waals surface area contributed by atoms with Crippen molar-refractivity contribution in [2.24, 2.45) is 12.8 Å². The standard InChI is InChI=1S/C15H14FN3/c1-19-13-5-3-2-4-12(13)15(18-19)14(17)10-6-8-11(16)9-7-10/h2-9,14H,17H2,1H3. The Morgan fingerprint density at radius 1 is 1.11 bits per heavy atom. The molecule has 2 N–H and O–H groups in total. The molecule has 1 aromatic heterocycles. The van der Waals surface area contributed by atoms with Gasteiger partial charge in [0.1, 0.15) is 5.82 Å². The number of nitrogens with zero attached hydrogens (tertiary/aromatic N) is 2. The lowest BCUT2D eigenvalue weighted by molar-refractivity contribution is 0.626. The first-order chi connectivity index (χ1) is 9.16. The molecule has 3 rings (SSSR count). The first-order valence-corrected chi connectivity index (χ1v) is 6.09. The fourth-order valence-corrected chi connectivity index (χ4v) is 2.30. The predicted octanol–water partition coefficient (Wildman–Crippen LogP) is 2.76. The lowest BCUT2D eigenvalue weighted by Crippen LogP contribution is -2.13. The molecular weight excluding hydrogens is 241 g/mol. The van der Waals surface area contributed by atoms with Crippen LogP contribution in [-0.4, -0.2) is 9.78 Å². The van der Waals surface area contributed by atoms with Crippen molar-refractivity contribution in [2.45, 2.75) is 6.04 Å². The molecule has 0 fully saturated rings. The zero-order valence-electron chi connectivity index (χ0n) is 10.5. The summed E-state index contributed by atoms with van der Waals surface area (Å²) in [6.07, 6.45) is 0. The lowest BCUT2D eigenvalue weighted by Gasteiger charge is -2.09. The number of aromatic nitrogens is 2. The maximum atomic E-state index is 12.9. The van der Waals surface area contributed by atoms with Crippen LogP contribution >= 0.6 is 0 Å². The second-order valence-corrected chi connectivity index (χ2v) is 4.56. The molecule has 1 heterocycles. The van der Waals surface area contributed by atoms with Gasteiger partial charge in [-0.05, 0) is 23.8 Å². The van der Waals surface area contributed by atoms with Crippen molar-refractivity contribution in [1.82, 2.24) is 9.78 Å². The summed E-state index contributed by atoms with van der Waals surface area (Å²) in [6.45, 7) is 0. The van der Waals surface area contributed by atoms with Gasteiger partial charge in [0.25, 0.3) is 0 Å². The normalized spacial score (nSPS) is 12.8. The van der Waals surface area contributed by atoms with Gasteiger partial charge < -0.3 is 5.73 Å². The highest BCUT2D eigenvalue weighted by molar-refractivity contribution is 5.82. The third kappa shape index (κ3) is 2.00. The molecule has 0 radical (unpaired) electrons. The van der Waals surface area contributed by atoms with Crippen LogP contribution in [0.2, 0.25) is 0 Å². The molecule has 0 aliphatic heterocycles. The van der Waals surface area contributed by atoms with Gasteiger partial charge in [-0.25, -0.2) is 4.39 Å². The maximum Gasteiger partial charge on any atom is 0.123 e. The Morgan fingerprint density at radius 2 is 1.79 bits per heavy atom. The molecule has 0 spiro atoms. The van der Waals surface area contributed by atoms with Gasteiger partial charge in [-0.2, -0.15) is 5.10 Å². The second-order valence-electron chi connectivity index (χ2n) is 4.56. The number of aryl methyl sites for hydroxylation is 1. The van der Waals surface area contributed by atoms with Gasteiger partial charge in [-0.1, -0.05) is 30.3 Å². The van der Waals surface area contributed by atoms with Crippen LogP contribution in [0.15, 0.2) is 48.5 Å². The smallest absolute Gasteiger partial charge is 0.123 e. The summed E-state index contributed by atoms with van der Waals surface area (Å²) in [4.78, 5) is 0. The highest BCUT2D eigenvalue weighted by Crippen LogP contribution is 2.26. The average molecular weight is 255 g/mol. The first-order valence-electron chi connectivity index (χ1n) is 6.09. The molecule has 0 bridgehead atoms. The largest absolute Gasteiger partial charge is 0.319 e. The quantitative estimate of drug-likeness (QED) is 0.765. The van der Waals surface area contributed by atoms with Crippen molar-refractivity contribution < 1.29 is 4.39 Å². The Labute approximate surface area is 110 Å². The third-order valence-corrected chi connectivity index (χ3v) is 3.31. The average Bonchev–Trinajstić information content (AvgIpc) is 2.77. The molecular formula is C15H14FN3. The van der Waals surface area contributed by atoms with E-state index in [1.54, 1.807) is 12.1 Å². The fraction of sp³-hybridized carbons (Fsp3) is 0.133. The molecule has 0 saturated carbocycles. The highest BCUT2D eigenvalue weighted by Gasteiger charge is 2.16. The number of benzene rings is 2. The van der Waals surface area contributed by atoms with Crippen LogP contribution in [0.5, 0.6) is 0 Å². The zero-order chi connectivity index (χ0) is 13.4. The van der Waals surface area contributed by atoms with Crippen molar-refractivity contribution in [3.05, 3.63) is 65.6 Å². The molecule has 0 amide bonds. The number of hydrogen-bond acceptors (Lipinski definition) is 2. The molecule has 0 aliphatic rings. The van der Waals surface area contributed by atoms with Gasteiger partial charge in [0.05, 0.1) is 17.3 Å². The summed E-state index contributed by atoms with van der Waals surface area (Å²) in [5, 5.41) is 5.52. The highest BCUT2D eigenvalue weighted by atomic mass is 19.1. The minimum absolute atomic E-state index is 0.262. The third-order valence-electron chi connectivity index (χ3n) is 3.31. The summed E-state index contributed by atoms with van der Waals surface area (Å²) >= 11 is 0. The van der Waals surface area contributed by atoms with Crippen molar-refractivity contribution in [1.29, 1.82) is 0 Å². The number of para-hydroxylation sites is 1. The number of fused-ring (bicyclic) bond motifs is 1. The van der Waals surface area contributed by atoms with Gasteiger partial charge in [0, 0.05) is 12.4 Å². The summed E-state index contributed by atoms with van der Waals surface area (Å²) < 4.78 is 14.8. The van der Waals surface area contributed by atoms with Crippen LogP contribution < -0.4 is 5.73 Å². The van der Waals surface area contributed by atoms with Crippen LogP contribution in [-0.2, 0) is 7.05 Å². The second kappa shape index (κ2) is 4.48. The Bertz CT molecular complexity index is 716. The summed E-state index contributed by atoms with van der Waals surface area (Å²) in [5.74, 6) is -0.262. The van der Waals surface area contributed by atoms with Gasteiger partial charge in [-0.3, -0.25) is 4.68 Å². The van der Waals surface area contributed by atoms with E-state index in [1.165, 1.54) is 12.1 Å². The van der Waals surface area contributed by atoms with E-state index in [2.05, 4.69) is 5.10 Å². The van der Waals surface area contributed by atoms with Crippen LogP contribution in [0.4, 0.5) is 4.39 Å². The summed E-state index contributed by atoms with van der Waals surface area (Å²) in [6, 6.07) is 13.8. The Kier molecular flexibility index (Phi) is 2.80. The predicted molar refractivity (Wildman–Crippen MR) is 73.1 cm³/mol. The molecule has 0 aliphatic carbocycles. The molecule has 96 valence electrons. The van der Waals surface area contributed by atoms with Crippen LogP contribution in [0.3, 0.4) is 0 Å².